The van der Waals surface area contributed by atoms with Crippen LogP contribution in [-0.4, -0.2) is 12.5 Å². The van der Waals surface area contributed by atoms with Crippen LogP contribution in [0.2, 0.25) is 0 Å². The predicted octanol–water partition coefficient (Wildman–Crippen LogP) is 3.73. The standard InChI is InChI=1S/C15H20BrFN2O/c1-9-2-4-10(5-3-9)8-19-15(20)11-6-14(18)13(17)7-12(11)16/h6-7,9-10H,2-5,8,18H2,1H3,(H,19,20). The van der Waals surface area contributed by atoms with Gasteiger partial charge in [-0.05, 0) is 52.7 Å². The second-order valence-corrected chi connectivity index (χ2v) is 6.54. The second kappa shape index (κ2) is 6.57. The molecule has 110 valence electrons. The number of hydrogen-bond donors (Lipinski definition) is 2. The van der Waals surface area contributed by atoms with E-state index in [4.69, 9.17) is 5.73 Å². The molecule has 0 atom stereocenters. The van der Waals surface area contributed by atoms with Crippen molar-refractivity contribution >= 4 is 27.5 Å². The van der Waals surface area contributed by atoms with Crippen LogP contribution >= 0.6 is 15.9 Å². The molecule has 0 heterocycles. The number of hydrogen-bond acceptors (Lipinski definition) is 2. The third-order valence-corrected chi connectivity index (χ3v) is 4.67. The lowest BCUT2D eigenvalue weighted by Gasteiger charge is -2.26. The highest BCUT2D eigenvalue weighted by atomic mass is 79.9. The SMILES string of the molecule is CC1CCC(CNC(=O)c2cc(N)c(F)cc2Br)CC1. The summed E-state index contributed by atoms with van der Waals surface area (Å²) in [5.41, 5.74) is 5.88. The van der Waals surface area contributed by atoms with Gasteiger partial charge in [0.25, 0.3) is 5.91 Å². The molecule has 0 unspecified atom stereocenters. The first kappa shape index (κ1) is 15.3. The summed E-state index contributed by atoms with van der Waals surface area (Å²) in [6.45, 7) is 2.95. The van der Waals surface area contributed by atoms with Crippen molar-refractivity contribution in [2.45, 2.75) is 32.6 Å². The van der Waals surface area contributed by atoms with E-state index in [-0.39, 0.29) is 11.6 Å². The summed E-state index contributed by atoms with van der Waals surface area (Å²) in [4.78, 5) is 12.1. The lowest BCUT2D eigenvalue weighted by Crippen LogP contribution is -2.31. The summed E-state index contributed by atoms with van der Waals surface area (Å²) in [7, 11) is 0. The fourth-order valence-electron chi connectivity index (χ4n) is 2.61. The Bertz CT molecular complexity index is 499. The molecule has 1 aliphatic carbocycles. The van der Waals surface area contributed by atoms with Gasteiger partial charge in [-0.15, -0.1) is 0 Å². The Labute approximate surface area is 127 Å². The summed E-state index contributed by atoms with van der Waals surface area (Å²) in [5, 5.41) is 2.92. The predicted molar refractivity (Wildman–Crippen MR) is 82.0 cm³/mol. The molecule has 3 N–H and O–H groups in total. The van der Waals surface area contributed by atoms with Crippen LogP contribution in [0.5, 0.6) is 0 Å². The Balaban J connectivity index is 1.93. The third-order valence-electron chi connectivity index (χ3n) is 4.02. The Hall–Kier alpha value is -1.10. The molecular formula is C15H20BrFN2O. The number of nitrogens with two attached hydrogens (primary N) is 1. The molecule has 5 heteroatoms. The number of anilines is 1. The monoisotopic (exact) mass is 342 g/mol. The van der Waals surface area contributed by atoms with E-state index in [1.165, 1.54) is 25.0 Å². The fourth-order valence-corrected chi connectivity index (χ4v) is 3.10. The lowest BCUT2D eigenvalue weighted by atomic mass is 9.83. The zero-order valence-corrected chi connectivity index (χ0v) is 13.2. The minimum atomic E-state index is -0.519. The Morgan fingerprint density at radius 3 is 2.70 bits per heavy atom. The van der Waals surface area contributed by atoms with Crippen molar-refractivity contribution in [3.8, 4) is 0 Å². The number of amides is 1. The van der Waals surface area contributed by atoms with Gasteiger partial charge in [-0.3, -0.25) is 4.79 Å². The average Bonchev–Trinajstić information content (AvgIpc) is 2.42. The van der Waals surface area contributed by atoms with Crippen molar-refractivity contribution < 1.29 is 9.18 Å². The van der Waals surface area contributed by atoms with Gasteiger partial charge in [0.1, 0.15) is 5.82 Å². The Morgan fingerprint density at radius 2 is 2.05 bits per heavy atom. The first-order valence-electron chi connectivity index (χ1n) is 7.00. The summed E-state index contributed by atoms with van der Waals surface area (Å²) < 4.78 is 13.7. The summed E-state index contributed by atoms with van der Waals surface area (Å²) in [5.74, 6) is 0.622. The molecule has 0 saturated heterocycles. The van der Waals surface area contributed by atoms with Crippen LogP contribution in [0.15, 0.2) is 16.6 Å². The number of benzene rings is 1. The van der Waals surface area contributed by atoms with Crippen LogP contribution < -0.4 is 11.1 Å². The smallest absolute Gasteiger partial charge is 0.252 e. The highest BCUT2D eigenvalue weighted by molar-refractivity contribution is 9.10. The molecule has 1 saturated carbocycles. The summed E-state index contributed by atoms with van der Waals surface area (Å²) in [6.07, 6.45) is 4.78. The van der Waals surface area contributed by atoms with Crippen molar-refractivity contribution in [3.63, 3.8) is 0 Å². The summed E-state index contributed by atoms with van der Waals surface area (Å²) in [6, 6.07) is 2.60. The fraction of sp³-hybridized carbons (Fsp3) is 0.533. The Morgan fingerprint density at radius 1 is 1.40 bits per heavy atom. The zero-order valence-electron chi connectivity index (χ0n) is 11.6. The molecule has 1 aromatic rings. The third kappa shape index (κ3) is 3.72. The maximum atomic E-state index is 13.2. The molecule has 0 bridgehead atoms. The van der Waals surface area contributed by atoms with E-state index in [0.717, 1.165) is 18.8 Å². The topological polar surface area (TPSA) is 55.1 Å². The minimum absolute atomic E-state index is 0.00941. The minimum Gasteiger partial charge on any atom is -0.396 e. The number of rotatable bonds is 3. The van der Waals surface area contributed by atoms with Crippen molar-refractivity contribution in [3.05, 3.63) is 28.0 Å². The van der Waals surface area contributed by atoms with E-state index in [0.29, 0.717) is 22.5 Å². The van der Waals surface area contributed by atoms with E-state index in [1.54, 1.807) is 0 Å². The number of carbonyl (C=O) groups excluding carboxylic acids is 1. The quantitative estimate of drug-likeness (QED) is 0.822. The highest BCUT2D eigenvalue weighted by Gasteiger charge is 2.20. The van der Waals surface area contributed by atoms with Gasteiger partial charge >= 0.3 is 0 Å². The van der Waals surface area contributed by atoms with Crippen LogP contribution in [0.1, 0.15) is 43.0 Å². The molecule has 1 fully saturated rings. The van der Waals surface area contributed by atoms with Gasteiger partial charge in [0.15, 0.2) is 0 Å². The molecule has 3 nitrogen and oxygen atoms in total. The molecule has 2 rings (SSSR count). The number of carbonyl (C=O) groups is 1. The van der Waals surface area contributed by atoms with Gasteiger partial charge in [-0.1, -0.05) is 19.8 Å². The van der Waals surface area contributed by atoms with Crippen molar-refractivity contribution in [2.24, 2.45) is 11.8 Å². The van der Waals surface area contributed by atoms with E-state index in [9.17, 15) is 9.18 Å². The van der Waals surface area contributed by atoms with Gasteiger partial charge in [-0.25, -0.2) is 4.39 Å². The van der Waals surface area contributed by atoms with Gasteiger partial charge in [0.2, 0.25) is 0 Å². The maximum Gasteiger partial charge on any atom is 0.252 e. The molecule has 0 aromatic heterocycles. The van der Waals surface area contributed by atoms with Crippen molar-refractivity contribution in [1.29, 1.82) is 0 Å². The van der Waals surface area contributed by atoms with Crippen LogP contribution in [0.3, 0.4) is 0 Å². The zero-order chi connectivity index (χ0) is 14.7. The Kier molecular flexibility index (Phi) is 5.02. The van der Waals surface area contributed by atoms with Gasteiger partial charge < -0.3 is 11.1 Å². The van der Waals surface area contributed by atoms with Gasteiger partial charge in [-0.2, -0.15) is 0 Å². The number of nitrogens with one attached hydrogen (secondary N) is 1. The number of nitrogen functional groups attached to an aromatic ring is 1. The van der Waals surface area contributed by atoms with E-state index >= 15 is 0 Å². The molecule has 1 aromatic carbocycles. The first-order chi connectivity index (χ1) is 9.47. The average molecular weight is 343 g/mol. The lowest BCUT2D eigenvalue weighted by molar-refractivity contribution is 0.0941. The van der Waals surface area contributed by atoms with E-state index in [1.807, 2.05) is 0 Å². The molecular weight excluding hydrogens is 323 g/mol. The highest BCUT2D eigenvalue weighted by Crippen LogP contribution is 2.28. The first-order valence-corrected chi connectivity index (χ1v) is 7.79. The maximum absolute atomic E-state index is 13.2. The van der Waals surface area contributed by atoms with E-state index in [2.05, 4.69) is 28.2 Å². The van der Waals surface area contributed by atoms with Crippen molar-refractivity contribution in [2.75, 3.05) is 12.3 Å². The second-order valence-electron chi connectivity index (χ2n) is 5.69. The summed E-state index contributed by atoms with van der Waals surface area (Å²) >= 11 is 3.20. The molecule has 20 heavy (non-hydrogen) atoms. The number of halogens is 2. The van der Waals surface area contributed by atoms with Crippen LogP contribution in [-0.2, 0) is 0 Å². The molecule has 1 aliphatic rings. The van der Waals surface area contributed by atoms with Crippen LogP contribution in [0.25, 0.3) is 0 Å². The molecule has 1 amide bonds. The van der Waals surface area contributed by atoms with E-state index < -0.39 is 5.82 Å². The van der Waals surface area contributed by atoms with Crippen LogP contribution in [0.4, 0.5) is 10.1 Å². The van der Waals surface area contributed by atoms with Crippen molar-refractivity contribution in [1.82, 2.24) is 5.32 Å². The largest absolute Gasteiger partial charge is 0.396 e. The van der Waals surface area contributed by atoms with Gasteiger partial charge in [0, 0.05) is 11.0 Å². The van der Waals surface area contributed by atoms with Gasteiger partial charge in [0.05, 0.1) is 11.3 Å². The normalized spacial score (nSPS) is 22.6. The molecule has 0 radical (unpaired) electrons. The molecule has 0 spiro atoms. The van der Waals surface area contributed by atoms with Crippen LogP contribution in [0, 0.1) is 17.7 Å². The molecule has 0 aliphatic heterocycles.